The average Bonchev–Trinajstić information content (AvgIpc) is 2.92. The molecular formula is C14H24N2O3S. The average molecular weight is 300 g/mol. The van der Waals surface area contributed by atoms with Crippen LogP contribution in [-0.2, 0) is 9.59 Å². The molecule has 5 nitrogen and oxygen atoms in total. The fourth-order valence-electron chi connectivity index (χ4n) is 2.86. The standard InChI is InChI=1S/C14H24N2O3S/c17-13(10-20-12-3-6-15-7-4-12)16-8-5-11(9-16)1-2-14(18)19/h11-12,15H,1-10H2,(H,18,19). The van der Waals surface area contributed by atoms with E-state index in [0.717, 1.165) is 45.4 Å². The summed E-state index contributed by atoms with van der Waals surface area (Å²) in [6.07, 6.45) is 4.17. The van der Waals surface area contributed by atoms with Crippen LogP contribution in [0.4, 0.5) is 0 Å². The Hall–Kier alpha value is -0.750. The van der Waals surface area contributed by atoms with Crippen LogP contribution < -0.4 is 5.32 Å². The molecule has 0 spiro atoms. The van der Waals surface area contributed by atoms with E-state index in [4.69, 9.17) is 5.11 Å². The minimum absolute atomic E-state index is 0.219. The SMILES string of the molecule is O=C(O)CCC1CCN(C(=O)CSC2CCNCC2)C1. The van der Waals surface area contributed by atoms with Gasteiger partial charge in [-0.1, -0.05) is 0 Å². The van der Waals surface area contributed by atoms with Crippen molar-refractivity contribution in [1.29, 1.82) is 0 Å². The van der Waals surface area contributed by atoms with Gasteiger partial charge in [-0.25, -0.2) is 0 Å². The topological polar surface area (TPSA) is 69.6 Å². The molecule has 0 bridgehead atoms. The number of amides is 1. The second-order valence-corrected chi connectivity index (χ2v) is 6.98. The number of piperidine rings is 1. The molecule has 0 saturated carbocycles. The Morgan fingerprint density at radius 3 is 2.70 bits per heavy atom. The molecule has 2 aliphatic heterocycles. The van der Waals surface area contributed by atoms with Gasteiger partial charge in [0.2, 0.25) is 5.91 Å². The van der Waals surface area contributed by atoms with E-state index in [9.17, 15) is 9.59 Å². The highest BCUT2D eigenvalue weighted by Gasteiger charge is 2.27. The van der Waals surface area contributed by atoms with Gasteiger partial charge >= 0.3 is 5.97 Å². The van der Waals surface area contributed by atoms with Crippen LogP contribution in [0.25, 0.3) is 0 Å². The Labute approximate surface area is 124 Å². The molecule has 0 radical (unpaired) electrons. The summed E-state index contributed by atoms with van der Waals surface area (Å²) in [5, 5.41) is 12.6. The molecule has 0 aliphatic carbocycles. The van der Waals surface area contributed by atoms with Gasteiger partial charge in [-0.3, -0.25) is 9.59 Å². The third-order valence-corrected chi connectivity index (χ3v) is 5.49. The molecule has 6 heteroatoms. The third-order valence-electron chi connectivity index (χ3n) is 4.13. The quantitative estimate of drug-likeness (QED) is 0.771. The van der Waals surface area contributed by atoms with E-state index in [1.54, 1.807) is 11.8 Å². The molecule has 0 aromatic carbocycles. The summed E-state index contributed by atoms with van der Waals surface area (Å²) in [7, 11) is 0. The molecule has 0 aromatic heterocycles. The number of carbonyl (C=O) groups is 2. The molecule has 1 amide bonds. The summed E-state index contributed by atoms with van der Waals surface area (Å²) in [5.41, 5.74) is 0. The predicted octanol–water partition coefficient (Wildman–Crippen LogP) is 1.18. The zero-order valence-corrected chi connectivity index (χ0v) is 12.7. The lowest BCUT2D eigenvalue weighted by atomic mass is 10.0. The summed E-state index contributed by atoms with van der Waals surface area (Å²) in [6.45, 7) is 3.68. The fraction of sp³-hybridized carbons (Fsp3) is 0.857. The summed E-state index contributed by atoms with van der Waals surface area (Å²) in [6, 6.07) is 0. The van der Waals surface area contributed by atoms with Crippen LogP contribution in [0.3, 0.4) is 0 Å². The van der Waals surface area contributed by atoms with E-state index in [-0.39, 0.29) is 12.3 Å². The van der Waals surface area contributed by atoms with Crippen molar-refractivity contribution in [2.75, 3.05) is 31.9 Å². The molecule has 2 heterocycles. The second kappa shape index (κ2) is 7.88. The maximum Gasteiger partial charge on any atom is 0.303 e. The zero-order valence-electron chi connectivity index (χ0n) is 11.8. The van der Waals surface area contributed by atoms with E-state index < -0.39 is 5.97 Å². The van der Waals surface area contributed by atoms with Crippen molar-refractivity contribution in [3.8, 4) is 0 Å². The summed E-state index contributed by atoms with van der Waals surface area (Å²) >= 11 is 1.79. The van der Waals surface area contributed by atoms with Crippen LogP contribution in [0.15, 0.2) is 0 Å². The number of likely N-dealkylation sites (tertiary alicyclic amines) is 1. The van der Waals surface area contributed by atoms with Crippen LogP contribution in [0.2, 0.25) is 0 Å². The van der Waals surface area contributed by atoms with Crippen molar-refractivity contribution in [2.45, 2.75) is 37.4 Å². The number of thioether (sulfide) groups is 1. The molecule has 2 saturated heterocycles. The molecule has 1 atom stereocenters. The first-order valence-electron chi connectivity index (χ1n) is 7.47. The first-order valence-corrected chi connectivity index (χ1v) is 8.52. The van der Waals surface area contributed by atoms with Crippen LogP contribution in [0.5, 0.6) is 0 Å². The lowest BCUT2D eigenvalue weighted by molar-refractivity contribution is -0.137. The number of aliphatic carboxylic acids is 1. The molecule has 2 N–H and O–H groups in total. The van der Waals surface area contributed by atoms with Crippen molar-refractivity contribution in [1.82, 2.24) is 10.2 Å². The van der Waals surface area contributed by atoms with Gasteiger partial charge in [0, 0.05) is 24.8 Å². The van der Waals surface area contributed by atoms with Crippen molar-refractivity contribution in [3.05, 3.63) is 0 Å². The number of hydrogen-bond donors (Lipinski definition) is 2. The maximum atomic E-state index is 12.1. The number of hydrogen-bond acceptors (Lipinski definition) is 4. The molecule has 1 unspecified atom stereocenters. The maximum absolute atomic E-state index is 12.1. The van der Waals surface area contributed by atoms with Gasteiger partial charge in [-0.2, -0.15) is 0 Å². The Morgan fingerprint density at radius 1 is 1.25 bits per heavy atom. The Bertz CT molecular complexity index is 345. The van der Waals surface area contributed by atoms with E-state index >= 15 is 0 Å². The highest BCUT2D eigenvalue weighted by atomic mass is 32.2. The molecule has 114 valence electrons. The highest BCUT2D eigenvalue weighted by Crippen LogP contribution is 2.24. The minimum atomic E-state index is -0.740. The fourth-order valence-corrected chi connectivity index (χ4v) is 3.99. The third kappa shape index (κ3) is 4.98. The smallest absolute Gasteiger partial charge is 0.303 e. The molecule has 2 fully saturated rings. The summed E-state index contributed by atoms with van der Waals surface area (Å²) in [5.74, 6) is 0.442. The van der Waals surface area contributed by atoms with E-state index in [1.807, 2.05) is 4.90 Å². The van der Waals surface area contributed by atoms with E-state index in [1.165, 1.54) is 0 Å². The van der Waals surface area contributed by atoms with Crippen molar-refractivity contribution < 1.29 is 14.7 Å². The number of carbonyl (C=O) groups excluding carboxylic acids is 1. The van der Waals surface area contributed by atoms with Gasteiger partial charge in [-0.05, 0) is 44.7 Å². The molecule has 2 rings (SSSR count). The van der Waals surface area contributed by atoms with Crippen LogP contribution in [0.1, 0.15) is 32.1 Å². The molecule has 2 aliphatic rings. The number of carboxylic acid groups (broad SMARTS) is 1. The van der Waals surface area contributed by atoms with Gasteiger partial charge in [0.05, 0.1) is 5.75 Å². The molecule has 0 aromatic rings. The zero-order chi connectivity index (χ0) is 14.4. The normalized spacial score (nSPS) is 24.0. The highest BCUT2D eigenvalue weighted by molar-refractivity contribution is 8.00. The van der Waals surface area contributed by atoms with Crippen LogP contribution >= 0.6 is 11.8 Å². The largest absolute Gasteiger partial charge is 0.481 e. The van der Waals surface area contributed by atoms with Gasteiger partial charge in [-0.15, -0.1) is 11.8 Å². The predicted molar refractivity (Wildman–Crippen MR) is 79.9 cm³/mol. The number of carboxylic acids is 1. The first-order chi connectivity index (χ1) is 9.65. The van der Waals surface area contributed by atoms with Crippen molar-refractivity contribution >= 4 is 23.6 Å². The van der Waals surface area contributed by atoms with Crippen LogP contribution in [-0.4, -0.2) is 59.1 Å². The van der Waals surface area contributed by atoms with E-state index in [2.05, 4.69) is 5.32 Å². The summed E-state index contributed by atoms with van der Waals surface area (Å²) < 4.78 is 0. The second-order valence-electron chi connectivity index (χ2n) is 5.69. The van der Waals surface area contributed by atoms with E-state index in [0.29, 0.717) is 23.3 Å². The number of nitrogens with one attached hydrogen (secondary N) is 1. The Balaban J connectivity index is 1.64. The Kier molecular flexibility index (Phi) is 6.16. The van der Waals surface area contributed by atoms with Crippen molar-refractivity contribution in [2.24, 2.45) is 5.92 Å². The number of rotatable bonds is 6. The minimum Gasteiger partial charge on any atom is -0.481 e. The van der Waals surface area contributed by atoms with Gasteiger partial charge < -0.3 is 15.3 Å². The van der Waals surface area contributed by atoms with Gasteiger partial charge in [0.1, 0.15) is 0 Å². The first kappa shape index (κ1) is 15.6. The molecular weight excluding hydrogens is 276 g/mol. The monoisotopic (exact) mass is 300 g/mol. The van der Waals surface area contributed by atoms with Gasteiger partial charge in [0.15, 0.2) is 0 Å². The number of nitrogens with zero attached hydrogens (tertiary/aromatic N) is 1. The lowest BCUT2D eigenvalue weighted by Gasteiger charge is -2.23. The lowest BCUT2D eigenvalue weighted by Crippen LogP contribution is -2.33. The summed E-state index contributed by atoms with van der Waals surface area (Å²) in [4.78, 5) is 24.6. The Morgan fingerprint density at radius 2 is 2.00 bits per heavy atom. The van der Waals surface area contributed by atoms with Crippen molar-refractivity contribution in [3.63, 3.8) is 0 Å². The van der Waals surface area contributed by atoms with Gasteiger partial charge in [0.25, 0.3) is 0 Å². The van der Waals surface area contributed by atoms with Crippen LogP contribution in [0, 0.1) is 5.92 Å². The molecule has 20 heavy (non-hydrogen) atoms.